The zero-order valence-electron chi connectivity index (χ0n) is 16.5. The molecule has 0 unspecified atom stereocenters. The molecule has 1 N–H and O–H groups in total. The largest absolute Gasteiger partial charge is 0.497 e. The number of hydrogen-bond acceptors (Lipinski definition) is 8. The molecule has 0 aliphatic rings. The number of ether oxygens (including phenoxy) is 2. The number of benzene rings is 2. The molecule has 162 valence electrons. The number of anilines is 1. The van der Waals surface area contributed by atoms with Crippen LogP contribution in [0.3, 0.4) is 0 Å². The van der Waals surface area contributed by atoms with Crippen molar-refractivity contribution in [2.24, 2.45) is 0 Å². The number of esters is 1. The van der Waals surface area contributed by atoms with Crippen molar-refractivity contribution < 1.29 is 27.6 Å². The van der Waals surface area contributed by atoms with Gasteiger partial charge in [-0.3, -0.25) is 14.8 Å². The molecule has 0 atom stereocenters. The van der Waals surface area contributed by atoms with Gasteiger partial charge in [0.2, 0.25) is 0 Å². The average molecular weight is 446 g/mol. The first-order valence-electron chi connectivity index (χ1n) is 8.93. The summed E-state index contributed by atoms with van der Waals surface area (Å²) in [4.78, 5) is 21.7. The molecule has 0 spiro atoms. The number of nitro groups is 1. The number of aromatic nitrogens is 2. The van der Waals surface area contributed by atoms with E-state index in [0.717, 1.165) is 12.1 Å². The Morgan fingerprint density at radius 3 is 2.52 bits per heavy atom. The van der Waals surface area contributed by atoms with E-state index in [1.54, 1.807) is 25.3 Å². The second-order valence-corrected chi connectivity index (χ2v) is 7.76. The molecule has 3 rings (SSSR count). The molecule has 1 aromatic heterocycles. The Labute approximate surface area is 177 Å². The molecule has 1 heterocycles. The molecule has 12 heteroatoms. The van der Waals surface area contributed by atoms with Crippen LogP contribution in [0, 0.1) is 10.1 Å². The van der Waals surface area contributed by atoms with Crippen LogP contribution in [-0.2, 0) is 14.8 Å². The van der Waals surface area contributed by atoms with E-state index < -0.39 is 31.5 Å². The molecule has 0 saturated carbocycles. The molecule has 0 bridgehead atoms. The van der Waals surface area contributed by atoms with Crippen LogP contribution >= 0.6 is 0 Å². The van der Waals surface area contributed by atoms with E-state index in [-0.39, 0.29) is 23.7 Å². The lowest BCUT2D eigenvalue weighted by molar-refractivity contribution is -0.387. The highest BCUT2D eigenvalue weighted by Gasteiger charge is 2.26. The van der Waals surface area contributed by atoms with E-state index in [1.165, 1.54) is 36.1 Å². The highest BCUT2D eigenvalue weighted by molar-refractivity contribution is 7.92. The molecule has 0 aliphatic carbocycles. The number of hydrogen-bond donors (Lipinski definition) is 1. The van der Waals surface area contributed by atoms with Crippen LogP contribution in [0.1, 0.15) is 17.4 Å². The molecule has 3 aromatic rings. The zero-order chi connectivity index (χ0) is 22.6. The Bertz CT molecular complexity index is 1220. The summed E-state index contributed by atoms with van der Waals surface area (Å²) in [6, 6.07) is 11.0. The minimum atomic E-state index is -4.24. The number of carbonyl (C=O) groups is 1. The van der Waals surface area contributed by atoms with Crippen molar-refractivity contribution in [2.75, 3.05) is 18.4 Å². The van der Waals surface area contributed by atoms with Crippen molar-refractivity contribution in [3.05, 3.63) is 70.5 Å². The van der Waals surface area contributed by atoms with Gasteiger partial charge < -0.3 is 9.47 Å². The predicted octanol–water partition coefficient (Wildman–Crippen LogP) is 2.77. The van der Waals surface area contributed by atoms with Gasteiger partial charge in [-0.05, 0) is 49.4 Å². The van der Waals surface area contributed by atoms with Crippen LogP contribution in [0.25, 0.3) is 5.69 Å². The van der Waals surface area contributed by atoms with Gasteiger partial charge in [0.1, 0.15) is 5.75 Å². The first-order valence-corrected chi connectivity index (χ1v) is 10.4. The lowest BCUT2D eigenvalue weighted by Crippen LogP contribution is -2.15. The number of nitrogens with one attached hydrogen (secondary N) is 1. The van der Waals surface area contributed by atoms with Gasteiger partial charge in [0.05, 0.1) is 30.4 Å². The Balaban J connectivity index is 1.83. The standard InChI is InChI=1S/C19H18N4O7S/c1-3-30-19(24)16-10-11-22(20-16)14-6-4-13(5-7-14)21-31(27,28)18-9-8-15(29-2)12-17(18)23(25)26/h4-12,21H,3H2,1-2H3. The van der Waals surface area contributed by atoms with E-state index in [1.807, 2.05) is 0 Å². The van der Waals surface area contributed by atoms with E-state index >= 15 is 0 Å². The van der Waals surface area contributed by atoms with Crippen molar-refractivity contribution in [1.82, 2.24) is 9.78 Å². The first-order chi connectivity index (χ1) is 14.7. The first kappa shape index (κ1) is 21.8. The number of nitro benzene ring substituents is 1. The van der Waals surface area contributed by atoms with Gasteiger partial charge in [-0.15, -0.1) is 0 Å². The number of rotatable bonds is 8. The van der Waals surface area contributed by atoms with Gasteiger partial charge in [0.15, 0.2) is 10.6 Å². The SMILES string of the molecule is CCOC(=O)c1ccn(-c2ccc(NS(=O)(=O)c3ccc(OC)cc3[N+](=O)[O-])cc2)n1. The molecule has 0 amide bonds. The quantitative estimate of drug-likeness (QED) is 0.316. The van der Waals surface area contributed by atoms with Crippen molar-refractivity contribution in [2.45, 2.75) is 11.8 Å². The number of methoxy groups -OCH3 is 1. The van der Waals surface area contributed by atoms with Crippen molar-refractivity contribution in [3.63, 3.8) is 0 Å². The molecule has 11 nitrogen and oxygen atoms in total. The third kappa shape index (κ3) is 4.80. The van der Waals surface area contributed by atoms with Crippen LogP contribution in [-0.4, -0.2) is 42.8 Å². The predicted molar refractivity (Wildman–Crippen MR) is 110 cm³/mol. The molecular formula is C19H18N4O7S. The average Bonchev–Trinajstić information content (AvgIpc) is 3.24. The third-order valence-electron chi connectivity index (χ3n) is 4.11. The van der Waals surface area contributed by atoms with Crippen molar-refractivity contribution in [1.29, 1.82) is 0 Å². The van der Waals surface area contributed by atoms with E-state index in [2.05, 4.69) is 9.82 Å². The molecule has 0 aliphatic heterocycles. The number of carbonyl (C=O) groups excluding carboxylic acids is 1. The van der Waals surface area contributed by atoms with Crippen LogP contribution in [0.5, 0.6) is 5.75 Å². The molecular weight excluding hydrogens is 428 g/mol. The van der Waals surface area contributed by atoms with Crippen LogP contribution < -0.4 is 9.46 Å². The van der Waals surface area contributed by atoms with Gasteiger partial charge in [-0.25, -0.2) is 17.9 Å². The van der Waals surface area contributed by atoms with E-state index in [0.29, 0.717) is 5.69 Å². The lowest BCUT2D eigenvalue weighted by Gasteiger charge is -2.10. The van der Waals surface area contributed by atoms with Crippen molar-refractivity contribution >= 4 is 27.4 Å². The molecule has 2 aromatic carbocycles. The van der Waals surface area contributed by atoms with E-state index in [4.69, 9.17) is 9.47 Å². The topological polar surface area (TPSA) is 143 Å². The Hall–Kier alpha value is -3.93. The summed E-state index contributed by atoms with van der Waals surface area (Å²) in [5.74, 6) is -0.386. The molecule has 31 heavy (non-hydrogen) atoms. The summed E-state index contributed by atoms with van der Waals surface area (Å²) in [7, 11) is -2.91. The molecule has 0 saturated heterocycles. The van der Waals surface area contributed by atoms with Gasteiger partial charge in [-0.2, -0.15) is 5.10 Å². The maximum Gasteiger partial charge on any atom is 0.358 e. The second kappa shape index (κ2) is 8.83. The summed E-state index contributed by atoms with van der Waals surface area (Å²) in [6.07, 6.45) is 1.56. The number of nitrogens with zero attached hydrogens (tertiary/aromatic N) is 3. The molecule has 0 radical (unpaired) electrons. The minimum Gasteiger partial charge on any atom is -0.497 e. The Morgan fingerprint density at radius 2 is 1.90 bits per heavy atom. The monoisotopic (exact) mass is 446 g/mol. The molecule has 0 fully saturated rings. The fourth-order valence-corrected chi connectivity index (χ4v) is 3.88. The van der Waals surface area contributed by atoms with E-state index in [9.17, 15) is 23.3 Å². The normalized spacial score (nSPS) is 11.0. The van der Waals surface area contributed by atoms with Crippen LogP contribution in [0.2, 0.25) is 0 Å². The highest BCUT2D eigenvalue weighted by atomic mass is 32.2. The second-order valence-electron chi connectivity index (χ2n) is 6.11. The van der Waals surface area contributed by atoms with Crippen molar-refractivity contribution in [3.8, 4) is 11.4 Å². The Morgan fingerprint density at radius 1 is 1.19 bits per heavy atom. The zero-order valence-corrected chi connectivity index (χ0v) is 17.3. The summed E-state index contributed by atoms with van der Waals surface area (Å²) in [6.45, 7) is 1.92. The summed E-state index contributed by atoms with van der Waals surface area (Å²) < 4.78 is 38.9. The maximum absolute atomic E-state index is 12.7. The van der Waals surface area contributed by atoms with Crippen LogP contribution in [0.15, 0.2) is 59.6 Å². The maximum atomic E-state index is 12.7. The van der Waals surface area contributed by atoms with Gasteiger partial charge in [0, 0.05) is 11.9 Å². The van der Waals surface area contributed by atoms with Crippen LogP contribution in [0.4, 0.5) is 11.4 Å². The smallest absolute Gasteiger partial charge is 0.358 e. The number of sulfonamides is 1. The fraction of sp³-hybridized carbons (Fsp3) is 0.158. The van der Waals surface area contributed by atoms with Gasteiger partial charge in [-0.1, -0.05) is 0 Å². The van der Waals surface area contributed by atoms with Gasteiger partial charge in [0.25, 0.3) is 15.7 Å². The fourth-order valence-electron chi connectivity index (χ4n) is 2.67. The minimum absolute atomic E-state index is 0.137. The summed E-state index contributed by atoms with van der Waals surface area (Å²) in [5.41, 5.74) is 0.283. The summed E-state index contributed by atoms with van der Waals surface area (Å²) in [5, 5.41) is 15.4. The lowest BCUT2D eigenvalue weighted by atomic mass is 10.3. The van der Waals surface area contributed by atoms with Gasteiger partial charge >= 0.3 is 5.97 Å². The summed E-state index contributed by atoms with van der Waals surface area (Å²) >= 11 is 0. The Kier molecular flexibility index (Phi) is 6.20. The third-order valence-corrected chi connectivity index (χ3v) is 5.54. The highest BCUT2D eigenvalue weighted by Crippen LogP contribution is 2.29.